The van der Waals surface area contributed by atoms with E-state index in [1.54, 1.807) is 6.92 Å². The van der Waals surface area contributed by atoms with Gasteiger partial charge in [0, 0.05) is 12.3 Å². The summed E-state index contributed by atoms with van der Waals surface area (Å²) in [4.78, 5) is 7.98. The van der Waals surface area contributed by atoms with Crippen molar-refractivity contribution in [2.75, 3.05) is 0 Å². The summed E-state index contributed by atoms with van der Waals surface area (Å²) in [5.41, 5.74) is 0.427. The van der Waals surface area contributed by atoms with Crippen LogP contribution >= 0.6 is 11.6 Å². The minimum Gasteiger partial charge on any atom is -0.438 e. The fraction of sp³-hybridized carbons (Fsp3) is 0.167. The first kappa shape index (κ1) is 12.7. The van der Waals surface area contributed by atoms with E-state index in [2.05, 4.69) is 9.97 Å². The first-order valence-corrected chi connectivity index (χ1v) is 5.54. The molecule has 0 aliphatic heterocycles. The molecule has 0 saturated heterocycles. The number of benzene rings is 1. The van der Waals surface area contributed by atoms with Crippen molar-refractivity contribution < 1.29 is 14.2 Å². The van der Waals surface area contributed by atoms with Crippen molar-refractivity contribution in [2.24, 2.45) is 0 Å². The number of aliphatic hydroxyl groups excluding tert-OH is 1. The molecule has 0 unspecified atom stereocenters. The van der Waals surface area contributed by atoms with Crippen LogP contribution < -0.4 is 4.74 Å². The van der Waals surface area contributed by atoms with Gasteiger partial charge in [-0.2, -0.15) is 4.98 Å². The van der Waals surface area contributed by atoms with E-state index in [4.69, 9.17) is 21.4 Å². The molecule has 0 atom stereocenters. The molecule has 0 aliphatic rings. The maximum absolute atomic E-state index is 13.2. The molecule has 0 saturated carbocycles. The van der Waals surface area contributed by atoms with Gasteiger partial charge < -0.3 is 9.84 Å². The molecule has 0 amide bonds. The van der Waals surface area contributed by atoms with E-state index in [9.17, 15) is 4.39 Å². The first-order valence-electron chi connectivity index (χ1n) is 5.16. The predicted molar refractivity (Wildman–Crippen MR) is 64.2 cm³/mol. The van der Waals surface area contributed by atoms with Gasteiger partial charge in [0.2, 0.25) is 5.88 Å². The molecule has 0 bridgehead atoms. The van der Waals surface area contributed by atoms with Gasteiger partial charge in [0.05, 0.1) is 17.2 Å². The minimum atomic E-state index is -0.578. The highest BCUT2D eigenvalue weighted by molar-refractivity contribution is 6.30. The number of aliphatic hydroxyl groups is 1. The monoisotopic (exact) mass is 268 g/mol. The second-order valence-electron chi connectivity index (χ2n) is 3.58. The summed E-state index contributed by atoms with van der Waals surface area (Å²) < 4.78 is 18.7. The number of ether oxygens (including phenoxy) is 1. The van der Waals surface area contributed by atoms with Crippen molar-refractivity contribution in [1.82, 2.24) is 9.97 Å². The van der Waals surface area contributed by atoms with Crippen molar-refractivity contribution in [3.05, 3.63) is 46.6 Å². The van der Waals surface area contributed by atoms with Crippen molar-refractivity contribution in [2.45, 2.75) is 13.5 Å². The number of aromatic nitrogens is 2. The van der Waals surface area contributed by atoms with E-state index in [1.165, 1.54) is 18.3 Å². The maximum atomic E-state index is 13.2. The van der Waals surface area contributed by atoms with Crippen LogP contribution in [-0.2, 0) is 6.61 Å². The number of rotatable bonds is 3. The molecule has 18 heavy (non-hydrogen) atoms. The number of aryl methyl sites for hydroxylation is 1. The zero-order valence-corrected chi connectivity index (χ0v) is 10.3. The third-order valence-corrected chi connectivity index (χ3v) is 2.53. The first-order chi connectivity index (χ1) is 8.60. The fourth-order valence-electron chi connectivity index (χ4n) is 1.32. The lowest BCUT2D eigenvalue weighted by Gasteiger charge is -2.09. The smallest absolute Gasteiger partial charge is 0.228 e. The molecule has 94 valence electrons. The van der Waals surface area contributed by atoms with E-state index in [0.29, 0.717) is 11.4 Å². The lowest BCUT2D eigenvalue weighted by atomic mass is 10.3. The summed E-state index contributed by atoms with van der Waals surface area (Å²) in [7, 11) is 0. The number of hydrogen-bond acceptors (Lipinski definition) is 4. The number of hydrogen-bond donors (Lipinski definition) is 1. The maximum Gasteiger partial charge on any atom is 0.228 e. The summed E-state index contributed by atoms with van der Waals surface area (Å²) in [5.74, 6) is 0.374. The van der Waals surface area contributed by atoms with Crippen LogP contribution in [0, 0.1) is 12.7 Å². The number of halogens is 2. The average Bonchev–Trinajstić information content (AvgIpc) is 2.34. The van der Waals surface area contributed by atoms with Gasteiger partial charge in [-0.1, -0.05) is 11.6 Å². The second kappa shape index (κ2) is 5.29. The summed E-state index contributed by atoms with van der Waals surface area (Å²) >= 11 is 5.57. The molecule has 1 aromatic carbocycles. The van der Waals surface area contributed by atoms with Gasteiger partial charge in [-0.15, -0.1) is 0 Å². The van der Waals surface area contributed by atoms with Gasteiger partial charge in [-0.05, 0) is 19.1 Å². The van der Waals surface area contributed by atoms with Crippen LogP contribution in [0.3, 0.4) is 0 Å². The van der Waals surface area contributed by atoms with Crippen molar-refractivity contribution in [3.63, 3.8) is 0 Å². The zero-order chi connectivity index (χ0) is 13.1. The lowest BCUT2D eigenvalue weighted by molar-refractivity contribution is 0.274. The van der Waals surface area contributed by atoms with Gasteiger partial charge >= 0.3 is 0 Å². The van der Waals surface area contributed by atoms with E-state index in [0.717, 1.165) is 6.07 Å². The molecule has 1 heterocycles. The second-order valence-corrected chi connectivity index (χ2v) is 3.99. The SMILES string of the molecule is Cc1ncc(CO)c(Oc2ccc(Cl)c(F)c2)n1. The van der Waals surface area contributed by atoms with Crippen molar-refractivity contribution in [1.29, 1.82) is 0 Å². The Kier molecular flexibility index (Phi) is 3.74. The van der Waals surface area contributed by atoms with Gasteiger partial charge in [0.15, 0.2) is 0 Å². The molecule has 2 rings (SSSR count). The highest BCUT2D eigenvalue weighted by atomic mass is 35.5. The minimum absolute atomic E-state index is 0.0172. The van der Waals surface area contributed by atoms with Crippen LogP contribution in [0.25, 0.3) is 0 Å². The van der Waals surface area contributed by atoms with Gasteiger partial charge in [0.1, 0.15) is 17.4 Å². The highest BCUT2D eigenvalue weighted by Gasteiger charge is 2.09. The molecule has 4 nitrogen and oxygen atoms in total. The largest absolute Gasteiger partial charge is 0.438 e. The molecule has 1 N–H and O–H groups in total. The van der Waals surface area contributed by atoms with Crippen LogP contribution in [0.5, 0.6) is 11.6 Å². The summed E-state index contributed by atoms with van der Waals surface area (Å²) in [5, 5.41) is 9.15. The highest BCUT2D eigenvalue weighted by Crippen LogP contribution is 2.26. The van der Waals surface area contributed by atoms with Gasteiger partial charge in [0.25, 0.3) is 0 Å². The van der Waals surface area contributed by atoms with Gasteiger partial charge in [-0.3, -0.25) is 0 Å². The topological polar surface area (TPSA) is 55.2 Å². The average molecular weight is 269 g/mol. The summed E-state index contributed by atoms with van der Waals surface area (Å²) in [6.45, 7) is 1.43. The van der Waals surface area contributed by atoms with Crippen molar-refractivity contribution >= 4 is 11.6 Å². The number of nitrogens with zero attached hydrogens (tertiary/aromatic N) is 2. The third-order valence-electron chi connectivity index (χ3n) is 2.22. The normalized spacial score (nSPS) is 10.4. The Morgan fingerprint density at radius 1 is 1.44 bits per heavy atom. The molecular formula is C12H10ClFN2O2. The molecule has 6 heteroatoms. The molecule has 0 radical (unpaired) electrons. The Balaban J connectivity index is 2.33. The van der Waals surface area contributed by atoms with Crippen LogP contribution in [0.2, 0.25) is 5.02 Å². The third kappa shape index (κ3) is 2.75. The molecular weight excluding hydrogens is 259 g/mol. The molecule has 2 aromatic rings. The van der Waals surface area contributed by atoms with Crippen LogP contribution in [-0.4, -0.2) is 15.1 Å². The molecule has 0 aliphatic carbocycles. The fourth-order valence-corrected chi connectivity index (χ4v) is 1.44. The lowest BCUT2D eigenvalue weighted by Crippen LogP contribution is -1.99. The zero-order valence-electron chi connectivity index (χ0n) is 9.52. The van der Waals surface area contributed by atoms with E-state index < -0.39 is 5.82 Å². The van der Waals surface area contributed by atoms with E-state index >= 15 is 0 Å². The Bertz CT molecular complexity index is 578. The standard InChI is InChI=1S/C12H10ClFN2O2/c1-7-15-5-8(6-17)12(16-7)18-9-2-3-10(13)11(14)4-9/h2-5,17H,6H2,1H3. The Morgan fingerprint density at radius 3 is 2.89 bits per heavy atom. The van der Waals surface area contributed by atoms with Crippen LogP contribution in [0.4, 0.5) is 4.39 Å². The van der Waals surface area contributed by atoms with Crippen LogP contribution in [0.15, 0.2) is 24.4 Å². The van der Waals surface area contributed by atoms with E-state index in [-0.39, 0.29) is 23.3 Å². The summed E-state index contributed by atoms with van der Waals surface area (Å²) in [6, 6.07) is 4.06. The predicted octanol–water partition coefficient (Wildman–Crippen LogP) is 2.86. The Labute approximate surface area is 108 Å². The Hall–Kier alpha value is -1.72. The Morgan fingerprint density at radius 2 is 2.22 bits per heavy atom. The quantitative estimate of drug-likeness (QED) is 0.930. The molecule has 1 aromatic heterocycles. The van der Waals surface area contributed by atoms with Crippen molar-refractivity contribution in [3.8, 4) is 11.6 Å². The molecule has 0 fully saturated rings. The summed E-state index contributed by atoms with van der Waals surface area (Å²) in [6.07, 6.45) is 1.46. The van der Waals surface area contributed by atoms with E-state index in [1.807, 2.05) is 0 Å². The molecule has 0 spiro atoms. The van der Waals surface area contributed by atoms with Gasteiger partial charge in [-0.25, -0.2) is 9.37 Å². The van der Waals surface area contributed by atoms with Crippen LogP contribution in [0.1, 0.15) is 11.4 Å².